The molecule has 1 aliphatic rings. The van der Waals surface area contributed by atoms with Crippen molar-refractivity contribution in [2.24, 2.45) is 10.9 Å². The van der Waals surface area contributed by atoms with Gasteiger partial charge in [-0.05, 0) is 13.3 Å². The summed E-state index contributed by atoms with van der Waals surface area (Å²) in [5, 5.41) is 11.5. The van der Waals surface area contributed by atoms with E-state index < -0.39 is 0 Å². The second-order valence-electron chi connectivity index (χ2n) is 4.83. The number of hydrogen-bond acceptors (Lipinski definition) is 5. The molecule has 7 heteroatoms. The molecule has 0 saturated carbocycles. The fourth-order valence-electron chi connectivity index (χ4n) is 2.02. The first kappa shape index (κ1) is 15.7. The predicted molar refractivity (Wildman–Crippen MR) is 72.1 cm³/mol. The van der Waals surface area contributed by atoms with Gasteiger partial charge in [0.15, 0.2) is 5.84 Å². The number of nitrogens with zero attached hydrogens (tertiary/aromatic N) is 3. The Labute approximate surface area is 114 Å². The van der Waals surface area contributed by atoms with E-state index in [1.807, 2.05) is 11.8 Å². The fourth-order valence-corrected chi connectivity index (χ4v) is 2.02. The molecule has 7 nitrogen and oxygen atoms in total. The lowest BCUT2D eigenvalue weighted by molar-refractivity contribution is -0.133. The van der Waals surface area contributed by atoms with Crippen LogP contribution in [0.5, 0.6) is 0 Å². The van der Waals surface area contributed by atoms with Crippen molar-refractivity contribution in [1.29, 1.82) is 0 Å². The van der Waals surface area contributed by atoms with Crippen molar-refractivity contribution in [1.82, 2.24) is 9.80 Å². The van der Waals surface area contributed by atoms with Crippen LogP contribution in [0.15, 0.2) is 5.16 Å². The number of hydrogen-bond donors (Lipinski definition) is 2. The second-order valence-corrected chi connectivity index (χ2v) is 4.83. The summed E-state index contributed by atoms with van der Waals surface area (Å²) < 4.78 is 5.13. The molecule has 1 amide bonds. The van der Waals surface area contributed by atoms with E-state index in [4.69, 9.17) is 15.7 Å². The van der Waals surface area contributed by atoms with Crippen LogP contribution in [0, 0.1) is 0 Å². The predicted octanol–water partition coefficient (Wildman–Crippen LogP) is -0.308. The number of amides is 1. The van der Waals surface area contributed by atoms with E-state index >= 15 is 0 Å². The average Bonchev–Trinajstić information content (AvgIpc) is 2.44. The van der Waals surface area contributed by atoms with E-state index in [2.05, 4.69) is 10.1 Å². The monoisotopic (exact) mass is 272 g/mol. The molecular formula is C12H24N4O3. The molecule has 0 bridgehead atoms. The van der Waals surface area contributed by atoms with Gasteiger partial charge in [0, 0.05) is 39.7 Å². The van der Waals surface area contributed by atoms with E-state index in [-0.39, 0.29) is 17.8 Å². The largest absolute Gasteiger partial charge is 0.409 e. The molecule has 0 aromatic carbocycles. The Kier molecular flexibility index (Phi) is 6.58. The average molecular weight is 272 g/mol. The van der Waals surface area contributed by atoms with Gasteiger partial charge in [-0.3, -0.25) is 9.69 Å². The van der Waals surface area contributed by atoms with Crippen molar-refractivity contribution < 1.29 is 14.7 Å². The highest BCUT2D eigenvalue weighted by atomic mass is 16.5. The molecule has 0 aliphatic carbocycles. The number of amidine groups is 1. The number of methoxy groups -OCH3 is 1. The molecule has 3 N–H and O–H groups in total. The van der Waals surface area contributed by atoms with E-state index in [0.717, 1.165) is 19.5 Å². The third-order valence-corrected chi connectivity index (χ3v) is 3.41. The van der Waals surface area contributed by atoms with Gasteiger partial charge >= 0.3 is 0 Å². The maximum atomic E-state index is 12.0. The minimum atomic E-state index is 0.116. The highest BCUT2D eigenvalue weighted by Crippen LogP contribution is 2.07. The van der Waals surface area contributed by atoms with Crippen LogP contribution in [-0.4, -0.2) is 72.7 Å². The topological polar surface area (TPSA) is 91.4 Å². The van der Waals surface area contributed by atoms with Crippen LogP contribution in [-0.2, 0) is 9.53 Å². The first-order valence-electron chi connectivity index (χ1n) is 6.56. The number of nitrogens with two attached hydrogens (primary N) is 1. The summed E-state index contributed by atoms with van der Waals surface area (Å²) >= 11 is 0. The van der Waals surface area contributed by atoms with Crippen molar-refractivity contribution >= 4 is 11.7 Å². The first-order chi connectivity index (χ1) is 9.06. The quantitative estimate of drug-likeness (QED) is 0.299. The smallest absolute Gasteiger partial charge is 0.222 e. The standard InChI is InChI=1S/C12H24N4O3/c1-10(19-2)3-4-12(17)16-7-5-15(6-8-16)9-11(13)14-18/h10,18H,3-9H2,1-2H3,(H2,13,14). The number of piperazine rings is 1. The minimum absolute atomic E-state index is 0.116. The van der Waals surface area contributed by atoms with Gasteiger partial charge < -0.3 is 20.6 Å². The van der Waals surface area contributed by atoms with E-state index in [1.54, 1.807) is 7.11 Å². The summed E-state index contributed by atoms with van der Waals surface area (Å²) in [6, 6.07) is 0. The Balaban J connectivity index is 2.27. The highest BCUT2D eigenvalue weighted by molar-refractivity contribution is 5.81. The molecule has 0 aromatic heterocycles. The zero-order chi connectivity index (χ0) is 14.3. The molecule has 110 valence electrons. The molecule has 1 heterocycles. The molecule has 0 aromatic rings. The van der Waals surface area contributed by atoms with Gasteiger partial charge in [-0.15, -0.1) is 0 Å². The Hall–Kier alpha value is -1.34. The summed E-state index contributed by atoms with van der Waals surface area (Å²) in [6.45, 7) is 5.29. The van der Waals surface area contributed by atoms with Gasteiger partial charge in [0.1, 0.15) is 0 Å². The molecule has 1 fully saturated rings. The molecule has 1 unspecified atom stereocenters. The zero-order valence-electron chi connectivity index (χ0n) is 11.7. The molecule has 0 spiro atoms. The molecule has 1 atom stereocenters. The van der Waals surface area contributed by atoms with Crippen LogP contribution in [0.2, 0.25) is 0 Å². The van der Waals surface area contributed by atoms with Crippen LogP contribution in [0.1, 0.15) is 19.8 Å². The maximum absolute atomic E-state index is 12.0. The summed E-state index contributed by atoms with van der Waals surface area (Å²) in [4.78, 5) is 15.9. The fraction of sp³-hybridized carbons (Fsp3) is 0.833. The SMILES string of the molecule is COC(C)CCC(=O)N1CCN(CC(N)=NO)CC1. The van der Waals surface area contributed by atoms with Crippen LogP contribution in [0.4, 0.5) is 0 Å². The highest BCUT2D eigenvalue weighted by Gasteiger charge is 2.21. The van der Waals surface area contributed by atoms with Gasteiger partial charge in [0.25, 0.3) is 0 Å². The Bertz CT molecular complexity index is 314. The van der Waals surface area contributed by atoms with Gasteiger partial charge in [0.2, 0.25) is 5.91 Å². The van der Waals surface area contributed by atoms with Gasteiger partial charge in [-0.25, -0.2) is 0 Å². The number of carbonyl (C=O) groups is 1. The molecule has 19 heavy (non-hydrogen) atoms. The van der Waals surface area contributed by atoms with Crippen LogP contribution in [0.3, 0.4) is 0 Å². The second kappa shape index (κ2) is 7.96. The van der Waals surface area contributed by atoms with Crippen molar-refractivity contribution in [3.8, 4) is 0 Å². The molecule has 0 radical (unpaired) electrons. The summed E-state index contributed by atoms with van der Waals surface area (Å²) in [7, 11) is 1.65. The van der Waals surface area contributed by atoms with Crippen LogP contribution < -0.4 is 5.73 Å². The van der Waals surface area contributed by atoms with E-state index in [1.165, 1.54) is 0 Å². The van der Waals surface area contributed by atoms with E-state index in [0.29, 0.717) is 26.1 Å². The Morgan fingerprint density at radius 2 is 2.05 bits per heavy atom. The third-order valence-electron chi connectivity index (χ3n) is 3.41. The number of oxime groups is 1. The Morgan fingerprint density at radius 1 is 1.42 bits per heavy atom. The van der Waals surface area contributed by atoms with Crippen LogP contribution >= 0.6 is 0 Å². The Morgan fingerprint density at radius 3 is 2.58 bits per heavy atom. The van der Waals surface area contributed by atoms with Gasteiger partial charge in [0.05, 0.1) is 12.6 Å². The normalized spacial score (nSPS) is 19.5. The lowest BCUT2D eigenvalue weighted by Crippen LogP contribution is -2.50. The van der Waals surface area contributed by atoms with Gasteiger partial charge in [-0.2, -0.15) is 0 Å². The van der Waals surface area contributed by atoms with E-state index in [9.17, 15) is 4.79 Å². The van der Waals surface area contributed by atoms with Crippen LogP contribution in [0.25, 0.3) is 0 Å². The lowest BCUT2D eigenvalue weighted by Gasteiger charge is -2.34. The lowest BCUT2D eigenvalue weighted by atomic mass is 10.2. The maximum Gasteiger partial charge on any atom is 0.222 e. The summed E-state index contributed by atoms with van der Waals surface area (Å²) in [5.41, 5.74) is 5.46. The molecule has 1 saturated heterocycles. The molecule has 1 rings (SSSR count). The first-order valence-corrected chi connectivity index (χ1v) is 6.56. The van der Waals surface area contributed by atoms with Gasteiger partial charge in [-0.1, -0.05) is 5.16 Å². The van der Waals surface area contributed by atoms with Crippen molar-refractivity contribution in [2.45, 2.75) is 25.9 Å². The number of carbonyl (C=O) groups excluding carboxylic acids is 1. The third kappa shape index (κ3) is 5.44. The van der Waals surface area contributed by atoms with Crippen molar-refractivity contribution in [3.63, 3.8) is 0 Å². The molecular weight excluding hydrogens is 248 g/mol. The minimum Gasteiger partial charge on any atom is -0.409 e. The summed E-state index contributed by atoms with van der Waals surface area (Å²) in [5.74, 6) is 0.376. The van der Waals surface area contributed by atoms with Crippen molar-refractivity contribution in [3.05, 3.63) is 0 Å². The zero-order valence-corrected chi connectivity index (χ0v) is 11.7. The summed E-state index contributed by atoms with van der Waals surface area (Å²) in [6.07, 6.45) is 1.39. The number of ether oxygens (including phenoxy) is 1. The molecule has 1 aliphatic heterocycles. The number of rotatable bonds is 6. The van der Waals surface area contributed by atoms with Crippen molar-refractivity contribution in [2.75, 3.05) is 39.8 Å².